The molecule has 2 rings (SSSR count). The van der Waals surface area contributed by atoms with Crippen LogP contribution < -0.4 is 5.32 Å². The van der Waals surface area contributed by atoms with Crippen molar-refractivity contribution >= 4 is 17.7 Å². The molecule has 0 atom stereocenters. The molecule has 120 valence electrons. The summed E-state index contributed by atoms with van der Waals surface area (Å²) in [5.41, 5.74) is 1.07. The van der Waals surface area contributed by atoms with Gasteiger partial charge in [-0.3, -0.25) is 0 Å². The number of nitrogens with zero attached hydrogens (tertiary/aromatic N) is 1. The summed E-state index contributed by atoms with van der Waals surface area (Å²) in [6.07, 6.45) is 0. The normalized spacial score (nSPS) is 10.0. The number of amides is 2. The first-order chi connectivity index (χ1) is 11.0. The van der Waals surface area contributed by atoms with Crippen LogP contribution in [0.1, 0.15) is 15.9 Å². The first-order valence-corrected chi connectivity index (χ1v) is 6.95. The standard InChI is InChI=1S/C17H17FN2O3/c1-20(11-12-6-4-3-5-7-12)17(22)19-13-8-9-14(15(18)10-13)16(21)23-2/h3-10H,11H2,1-2H3,(H,19,22). The molecule has 0 saturated carbocycles. The molecule has 0 aliphatic rings. The molecule has 0 aromatic heterocycles. The number of ether oxygens (including phenoxy) is 1. The lowest BCUT2D eigenvalue weighted by Gasteiger charge is -2.18. The number of nitrogens with one attached hydrogen (secondary N) is 1. The van der Waals surface area contributed by atoms with Gasteiger partial charge in [0.15, 0.2) is 0 Å². The second-order valence-corrected chi connectivity index (χ2v) is 4.96. The topological polar surface area (TPSA) is 58.6 Å². The highest BCUT2D eigenvalue weighted by molar-refractivity contribution is 5.92. The molecular weight excluding hydrogens is 299 g/mol. The summed E-state index contributed by atoms with van der Waals surface area (Å²) in [7, 11) is 2.82. The molecule has 2 aromatic carbocycles. The average Bonchev–Trinajstić information content (AvgIpc) is 2.55. The molecule has 0 heterocycles. The number of methoxy groups -OCH3 is 1. The summed E-state index contributed by atoms with van der Waals surface area (Å²) in [4.78, 5) is 24.9. The second-order valence-electron chi connectivity index (χ2n) is 4.96. The zero-order chi connectivity index (χ0) is 16.8. The Morgan fingerprint density at radius 2 is 1.87 bits per heavy atom. The van der Waals surface area contributed by atoms with E-state index >= 15 is 0 Å². The molecular formula is C17H17FN2O3. The second kappa shape index (κ2) is 7.40. The third kappa shape index (κ3) is 4.29. The lowest BCUT2D eigenvalue weighted by Crippen LogP contribution is -2.30. The number of carbonyl (C=O) groups excluding carboxylic acids is 2. The highest BCUT2D eigenvalue weighted by atomic mass is 19.1. The Morgan fingerprint density at radius 3 is 2.48 bits per heavy atom. The summed E-state index contributed by atoms with van der Waals surface area (Å²) >= 11 is 0. The molecule has 0 unspecified atom stereocenters. The van der Waals surface area contributed by atoms with Crippen LogP contribution >= 0.6 is 0 Å². The summed E-state index contributed by atoms with van der Waals surface area (Å²) in [6, 6.07) is 12.9. The predicted molar refractivity (Wildman–Crippen MR) is 84.7 cm³/mol. The van der Waals surface area contributed by atoms with Gasteiger partial charge in [0.25, 0.3) is 0 Å². The number of carbonyl (C=O) groups is 2. The van der Waals surface area contributed by atoms with Gasteiger partial charge in [0.2, 0.25) is 0 Å². The van der Waals surface area contributed by atoms with Gasteiger partial charge in [-0.25, -0.2) is 14.0 Å². The Balaban J connectivity index is 2.02. The van der Waals surface area contributed by atoms with Crippen molar-refractivity contribution in [3.63, 3.8) is 0 Å². The maximum absolute atomic E-state index is 13.8. The Hall–Kier alpha value is -2.89. The lowest BCUT2D eigenvalue weighted by atomic mass is 10.2. The molecule has 0 saturated heterocycles. The van der Waals surface area contributed by atoms with E-state index in [-0.39, 0.29) is 17.3 Å². The number of anilines is 1. The number of hydrogen-bond donors (Lipinski definition) is 1. The van der Waals surface area contributed by atoms with Crippen LogP contribution in [0.4, 0.5) is 14.9 Å². The molecule has 5 nitrogen and oxygen atoms in total. The van der Waals surface area contributed by atoms with Crippen LogP contribution in [0.2, 0.25) is 0 Å². The fraction of sp³-hybridized carbons (Fsp3) is 0.176. The van der Waals surface area contributed by atoms with E-state index in [4.69, 9.17) is 0 Å². The summed E-state index contributed by atoms with van der Waals surface area (Å²) < 4.78 is 18.3. The van der Waals surface area contributed by atoms with Crippen LogP contribution in [0.5, 0.6) is 0 Å². The maximum atomic E-state index is 13.8. The molecule has 0 bridgehead atoms. The van der Waals surface area contributed by atoms with Crippen LogP contribution in [0.15, 0.2) is 48.5 Å². The number of esters is 1. The van der Waals surface area contributed by atoms with Crippen LogP contribution in [0.3, 0.4) is 0 Å². The molecule has 1 N–H and O–H groups in total. The molecule has 0 aliphatic carbocycles. The third-order valence-electron chi connectivity index (χ3n) is 3.23. The number of benzene rings is 2. The van der Waals surface area contributed by atoms with E-state index in [1.54, 1.807) is 7.05 Å². The van der Waals surface area contributed by atoms with Crippen molar-refractivity contribution in [3.8, 4) is 0 Å². The first-order valence-electron chi connectivity index (χ1n) is 6.95. The molecule has 0 fully saturated rings. The Kier molecular flexibility index (Phi) is 5.30. The minimum Gasteiger partial charge on any atom is -0.465 e. The van der Waals surface area contributed by atoms with Gasteiger partial charge >= 0.3 is 12.0 Å². The molecule has 0 aliphatic heterocycles. The van der Waals surface area contributed by atoms with E-state index in [2.05, 4.69) is 10.1 Å². The highest BCUT2D eigenvalue weighted by Crippen LogP contribution is 2.16. The van der Waals surface area contributed by atoms with Crippen molar-refractivity contribution in [2.75, 3.05) is 19.5 Å². The zero-order valence-corrected chi connectivity index (χ0v) is 12.9. The maximum Gasteiger partial charge on any atom is 0.340 e. The monoisotopic (exact) mass is 316 g/mol. The Labute approximate surface area is 133 Å². The van der Waals surface area contributed by atoms with Crippen LogP contribution in [-0.4, -0.2) is 31.1 Å². The molecule has 23 heavy (non-hydrogen) atoms. The van der Waals surface area contributed by atoms with Crippen molar-refractivity contribution < 1.29 is 18.7 Å². The molecule has 0 spiro atoms. The van der Waals surface area contributed by atoms with E-state index in [1.165, 1.54) is 24.1 Å². The van der Waals surface area contributed by atoms with Crippen LogP contribution in [0.25, 0.3) is 0 Å². The van der Waals surface area contributed by atoms with Crippen molar-refractivity contribution in [1.82, 2.24) is 4.90 Å². The quantitative estimate of drug-likeness (QED) is 0.881. The fourth-order valence-corrected chi connectivity index (χ4v) is 2.02. The summed E-state index contributed by atoms with van der Waals surface area (Å²) in [6.45, 7) is 0.426. The molecule has 2 amide bonds. The van der Waals surface area contributed by atoms with Crippen molar-refractivity contribution in [2.24, 2.45) is 0 Å². The van der Waals surface area contributed by atoms with E-state index in [0.717, 1.165) is 11.6 Å². The van der Waals surface area contributed by atoms with Gasteiger partial charge in [-0.1, -0.05) is 30.3 Å². The van der Waals surface area contributed by atoms with Crippen LogP contribution in [-0.2, 0) is 11.3 Å². The van der Waals surface area contributed by atoms with Crippen molar-refractivity contribution in [3.05, 3.63) is 65.5 Å². The molecule has 2 aromatic rings. The number of rotatable bonds is 4. The lowest BCUT2D eigenvalue weighted by molar-refractivity contribution is 0.0595. The van der Waals surface area contributed by atoms with E-state index < -0.39 is 11.8 Å². The number of halogens is 1. The molecule has 6 heteroatoms. The van der Waals surface area contributed by atoms with Gasteiger partial charge in [0, 0.05) is 19.3 Å². The number of hydrogen-bond acceptors (Lipinski definition) is 3. The van der Waals surface area contributed by atoms with E-state index in [1.807, 2.05) is 30.3 Å². The largest absolute Gasteiger partial charge is 0.465 e. The molecule has 0 radical (unpaired) electrons. The van der Waals surface area contributed by atoms with Gasteiger partial charge in [0.1, 0.15) is 5.82 Å². The summed E-state index contributed by atoms with van der Waals surface area (Å²) in [5, 5.41) is 2.58. The SMILES string of the molecule is COC(=O)c1ccc(NC(=O)N(C)Cc2ccccc2)cc1F. The van der Waals surface area contributed by atoms with Crippen LogP contribution in [0, 0.1) is 5.82 Å². The van der Waals surface area contributed by atoms with Gasteiger partial charge in [0.05, 0.1) is 12.7 Å². The highest BCUT2D eigenvalue weighted by Gasteiger charge is 2.14. The Bertz CT molecular complexity index is 704. The van der Waals surface area contributed by atoms with E-state index in [9.17, 15) is 14.0 Å². The third-order valence-corrected chi connectivity index (χ3v) is 3.23. The number of urea groups is 1. The Morgan fingerprint density at radius 1 is 1.17 bits per heavy atom. The van der Waals surface area contributed by atoms with Crippen molar-refractivity contribution in [1.29, 1.82) is 0 Å². The summed E-state index contributed by atoms with van der Waals surface area (Å²) in [5.74, 6) is -1.51. The van der Waals surface area contributed by atoms with Crippen molar-refractivity contribution in [2.45, 2.75) is 6.54 Å². The minimum atomic E-state index is -0.762. The van der Waals surface area contributed by atoms with E-state index in [0.29, 0.717) is 6.54 Å². The first kappa shape index (κ1) is 16.5. The minimum absolute atomic E-state index is 0.178. The van der Waals surface area contributed by atoms with Gasteiger partial charge in [-0.15, -0.1) is 0 Å². The van der Waals surface area contributed by atoms with Gasteiger partial charge in [-0.2, -0.15) is 0 Å². The fourth-order valence-electron chi connectivity index (χ4n) is 2.02. The van der Waals surface area contributed by atoms with Gasteiger partial charge in [-0.05, 0) is 23.8 Å². The zero-order valence-electron chi connectivity index (χ0n) is 12.9. The smallest absolute Gasteiger partial charge is 0.340 e. The van der Waals surface area contributed by atoms with Gasteiger partial charge < -0.3 is 15.0 Å². The predicted octanol–water partition coefficient (Wildman–Crippen LogP) is 3.28. The average molecular weight is 316 g/mol.